The molecule has 0 radical (unpaired) electrons. The lowest BCUT2D eigenvalue weighted by atomic mass is 9.69. The number of ether oxygens (including phenoxy) is 2. The second kappa shape index (κ2) is 12.2. The van der Waals surface area contributed by atoms with E-state index in [4.69, 9.17) is 9.47 Å². The van der Waals surface area contributed by atoms with Crippen LogP contribution in [0, 0.1) is 12.3 Å². The number of unbranched alkanes of at least 4 members (excludes halogenated alkanes) is 1. The Hall–Kier alpha value is -3.39. The molecule has 2 aromatic carbocycles. The maximum atomic E-state index is 13.5. The van der Waals surface area contributed by atoms with Crippen molar-refractivity contribution in [2.24, 2.45) is 5.41 Å². The lowest BCUT2D eigenvalue weighted by Crippen LogP contribution is -2.37. The lowest BCUT2D eigenvalue weighted by molar-refractivity contribution is -0.153. The van der Waals surface area contributed by atoms with Crippen LogP contribution in [0.3, 0.4) is 0 Å². The van der Waals surface area contributed by atoms with Crippen LogP contribution in [0.15, 0.2) is 82.9 Å². The van der Waals surface area contributed by atoms with Gasteiger partial charge in [-0.3, -0.25) is 9.52 Å². The molecule has 2 atom stereocenters. The number of hydrogen-bond donors (Lipinski definition) is 1. The number of carbonyl (C=O) groups excluding carboxylic acids is 2. The van der Waals surface area contributed by atoms with Gasteiger partial charge in [-0.05, 0) is 50.5 Å². The second-order valence-corrected chi connectivity index (χ2v) is 10.7. The first kappa shape index (κ1) is 28.2. The Balaban J connectivity index is 2.25. The van der Waals surface area contributed by atoms with Crippen LogP contribution in [-0.4, -0.2) is 33.6 Å². The predicted octanol–water partition coefficient (Wildman–Crippen LogP) is 5.18. The third kappa shape index (κ3) is 6.13. The molecule has 3 rings (SSSR count). The molecular formula is C29H35NO6S. The molecule has 0 spiro atoms. The summed E-state index contributed by atoms with van der Waals surface area (Å²) in [6.07, 6.45) is 5.48. The molecular weight excluding hydrogens is 490 g/mol. The fourth-order valence-corrected chi connectivity index (χ4v) is 5.72. The molecule has 1 aliphatic carbocycles. The van der Waals surface area contributed by atoms with E-state index in [1.165, 1.54) is 12.1 Å². The van der Waals surface area contributed by atoms with Gasteiger partial charge in [0.1, 0.15) is 5.70 Å². The van der Waals surface area contributed by atoms with Crippen LogP contribution in [-0.2, 0) is 29.1 Å². The number of nitrogens with one attached hydrogen (secondary N) is 1. The topological polar surface area (TPSA) is 98.8 Å². The summed E-state index contributed by atoms with van der Waals surface area (Å²) in [5.41, 5.74) is 0.721. The molecule has 2 aromatic rings. The molecule has 7 nitrogen and oxygen atoms in total. The van der Waals surface area contributed by atoms with E-state index in [1.54, 1.807) is 38.1 Å². The number of esters is 2. The lowest BCUT2D eigenvalue weighted by Gasteiger charge is -2.34. The average Bonchev–Trinajstić information content (AvgIpc) is 3.27. The SMILES string of the molecule is CCCC[C@@]1(C(=O)OCC)C=C/C(=C(\NS(=O)(=O)c2ccc(C)cc2)C(=O)OCC)[C@H]1c1ccccc1. The number of carbonyl (C=O) groups is 2. The Kier molecular flexibility index (Phi) is 9.32. The van der Waals surface area contributed by atoms with Gasteiger partial charge in [0.15, 0.2) is 0 Å². The molecule has 0 amide bonds. The molecule has 0 bridgehead atoms. The van der Waals surface area contributed by atoms with Crippen LogP contribution in [0.25, 0.3) is 0 Å². The molecule has 198 valence electrons. The monoisotopic (exact) mass is 525 g/mol. The molecule has 1 N–H and O–H groups in total. The molecule has 0 aromatic heterocycles. The van der Waals surface area contributed by atoms with Crippen molar-refractivity contribution < 1.29 is 27.5 Å². The number of sulfonamides is 1. The number of hydrogen-bond acceptors (Lipinski definition) is 6. The normalized spacial score (nSPS) is 20.4. The van der Waals surface area contributed by atoms with Gasteiger partial charge in [0.25, 0.3) is 10.0 Å². The Morgan fingerprint density at radius 3 is 2.19 bits per heavy atom. The highest BCUT2D eigenvalue weighted by Crippen LogP contribution is 2.52. The van der Waals surface area contributed by atoms with Crippen LogP contribution in [0.5, 0.6) is 0 Å². The van der Waals surface area contributed by atoms with Crippen molar-refractivity contribution in [3.05, 3.63) is 89.1 Å². The van der Waals surface area contributed by atoms with E-state index in [9.17, 15) is 18.0 Å². The van der Waals surface area contributed by atoms with Gasteiger partial charge in [-0.2, -0.15) is 0 Å². The van der Waals surface area contributed by atoms with Gasteiger partial charge in [-0.1, -0.05) is 79.9 Å². The first-order valence-electron chi connectivity index (χ1n) is 12.6. The van der Waals surface area contributed by atoms with Crippen LogP contribution in [0.4, 0.5) is 0 Å². The summed E-state index contributed by atoms with van der Waals surface area (Å²) in [6, 6.07) is 15.6. The van der Waals surface area contributed by atoms with Crippen molar-refractivity contribution in [2.75, 3.05) is 13.2 Å². The minimum atomic E-state index is -4.13. The molecule has 0 fully saturated rings. The first-order valence-corrected chi connectivity index (χ1v) is 14.1. The van der Waals surface area contributed by atoms with E-state index in [2.05, 4.69) is 4.72 Å². The number of benzene rings is 2. The Morgan fingerprint density at radius 2 is 1.59 bits per heavy atom. The fraction of sp³-hybridized carbons (Fsp3) is 0.379. The standard InChI is InChI=1S/C29H35NO6S/c1-5-8-19-29(28(32)36-7-3)20-18-24(25(29)22-12-10-9-11-13-22)26(27(31)35-6-2)30-37(33,34)23-16-14-21(4)15-17-23/h9-18,20,25,30H,5-8,19H2,1-4H3/b26-24+/t25-,29-/m1/s1. The molecule has 0 aliphatic heterocycles. The zero-order chi connectivity index (χ0) is 27.1. The van der Waals surface area contributed by atoms with Gasteiger partial charge >= 0.3 is 11.9 Å². The summed E-state index contributed by atoms with van der Waals surface area (Å²) < 4.78 is 40.0. The van der Waals surface area contributed by atoms with E-state index in [-0.39, 0.29) is 23.8 Å². The highest BCUT2D eigenvalue weighted by Gasteiger charge is 2.51. The van der Waals surface area contributed by atoms with E-state index >= 15 is 0 Å². The van der Waals surface area contributed by atoms with Gasteiger partial charge in [0.05, 0.1) is 23.5 Å². The van der Waals surface area contributed by atoms with Crippen LogP contribution in [0.1, 0.15) is 57.1 Å². The third-order valence-electron chi connectivity index (χ3n) is 6.45. The summed E-state index contributed by atoms with van der Waals surface area (Å²) in [5.74, 6) is -1.87. The van der Waals surface area contributed by atoms with Crippen molar-refractivity contribution in [1.29, 1.82) is 0 Å². The summed E-state index contributed by atoms with van der Waals surface area (Å²) in [5, 5.41) is 0. The van der Waals surface area contributed by atoms with Crippen LogP contribution in [0.2, 0.25) is 0 Å². The summed E-state index contributed by atoms with van der Waals surface area (Å²) in [4.78, 5) is 26.8. The third-order valence-corrected chi connectivity index (χ3v) is 7.82. The van der Waals surface area contributed by atoms with E-state index in [1.807, 2.05) is 44.2 Å². The minimum absolute atomic E-state index is 0.0152. The van der Waals surface area contributed by atoms with Crippen molar-refractivity contribution in [3.8, 4) is 0 Å². The van der Waals surface area contributed by atoms with Gasteiger partial charge in [0, 0.05) is 5.92 Å². The molecule has 0 saturated carbocycles. The fourth-order valence-electron chi connectivity index (χ4n) is 4.64. The molecule has 37 heavy (non-hydrogen) atoms. The smallest absolute Gasteiger partial charge is 0.355 e. The summed E-state index contributed by atoms with van der Waals surface area (Å²) >= 11 is 0. The largest absolute Gasteiger partial charge is 0.465 e. The van der Waals surface area contributed by atoms with Crippen molar-refractivity contribution in [1.82, 2.24) is 4.72 Å². The van der Waals surface area contributed by atoms with E-state index < -0.39 is 33.3 Å². The van der Waals surface area contributed by atoms with Gasteiger partial charge in [-0.15, -0.1) is 0 Å². The highest BCUT2D eigenvalue weighted by atomic mass is 32.2. The molecule has 0 unspecified atom stereocenters. The van der Waals surface area contributed by atoms with Crippen molar-refractivity contribution in [2.45, 2.75) is 57.8 Å². The average molecular weight is 526 g/mol. The number of rotatable bonds is 11. The molecule has 0 saturated heterocycles. The Morgan fingerprint density at radius 1 is 0.946 bits per heavy atom. The number of aryl methyl sites for hydroxylation is 1. The Bertz CT molecular complexity index is 1270. The number of allylic oxidation sites excluding steroid dienone is 2. The highest BCUT2D eigenvalue weighted by molar-refractivity contribution is 7.89. The summed E-state index contributed by atoms with van der Waals surface area (Å²) in [7, 11) is -4.13. The minimum Gasteiger partial charge on any atom is -0.465 e. The molecule has 1 aliphatic rings. The van der Waals surface area contributed by atoms with Gasteiger partial charge in [0.2, 0.25) is 0 Å². The van der Waals surface area contributed by atoms with E-state index in [0.29, 0.717) is 12.0 Å². The van der Waals surface area contributed by atoms with Crippen molar-refractivity contribution in [3.63, 3.8) is 0 Å². The zero-order valence-corrected chi connectivity index (χ0v) is 22.6. The summed E-state index contributed by atoms with van der Waals surface area (Å²) in [6.45, 7) is 7.54. The molecule has 0 heterocycles. The van der Waals surface area contributed by atoms with Gasteiger partial charge in [-0.25, -0.2) is 13.2 Å². The zero-order valence-electron chi connectivity index (χ0n) is 21.8. The van der Waals surface area contributed by atoms with Crippen LogP contribution < -0.4 is 4.72 Å². The predicted molar refractivity (Wildman–Crippen MR) is 142 cm³/mol. The van der Waals surface area contributed by atoms with Gasteiger partial charge < -0.3 is 9.47 Å². The maximum Gasteiger partial charge on any atom is 0.355 e. The maximum absolute atomic E-state index is 13.5. The van der Waals surface area contributed by atoms with E-state index in [0.717, 1.165) is 24.0 Å². The molecule has 8 heteroatoms. The Labute approximate surface area is 219 Å². The van der Waals surface area contributed by atoms with Crippen molar-refractivity contribution >= 4 is 22.0 Å². The second-order valence-electron chi connectivity index (χ2n) is 9.01. The van der Waals surface area contributed by atoms with Crippen LogP contribution >= 0.6 is 0 Å². The first-order chi connectivity index (χ1) is 17.7. The quantitative estimate of drug-likeness (QED) is 0.320.